The van der Waals surface area contributed by atoms with Crippen LogP contribution in [-0.2, 0) is 14.3 Å². The second-order valence-corrected chi connectivity index (χ2v) is 7.37. The van der Waals surface area contributed by atoms with Crippen molar-refractivity contribution in [1.29, 1.82) is 0 Å². The molecular formula is C17H23N5O4S. The first-order valence-electron chi connectivity index (χ1n) is 9.03. The highest BCUT2D eigenvalue weighted by atomic mass is 32.2. The van der Waals surface area contributed by atoms with Gasteiger partial charge < -0.3 is 19.9 Å². The van der Waals surface area contributed by atoms with Crippen molar-refractivity contribution in [1.82, 2.24) is 20.0 Å². The largest absolute Gasteiger partial charge is 0.450 e. The van der Waals surface area contributed by atoms with Crippen LogP contribution >= 0.6 is 11.8 Å². The number of hydrogen-bond donors (Lipinski definition) is 1. The number of carbonyl (C=O) groups is 3. The molecule has 1 saturated carbocycles. The molecule has 1 saturated heterocycles. The fourth-order valence-electron chi connectivity index (χ4n) is 2.62. The Kier molecular flexibility index (Phi) is 6.49. The number of amides is 3. The summed E-state index contributed by atoms with van der Waals surface area (Å²) in [6.07, 6.45) is 1.54. The van der Waals surface area contributed by atoms with Crippen LogP contribution < -0.4 is 5.32 Å². The van der Waals surface area contributed by atoms with Crippen molar-refractivity contribution in [3.8, 4) is 0 Å². The van der Waals surface area contributed by atoms with Gasteiger partial charge in [-0.2, -0.15) is 0 Å². The van der Waals surface area contributed by atoms with Gasteiger partial charge in [0.25, 0.3) is 0 Å². The second kappa shape index (κ2) is 9.03. The number of nitrogens with one attached hydrogen (secondary N) is 1. The minimum absolute atomic E-state index is 0.00331. The van der Waals surface area contributed by atoms with Crippen molar-refractivity contribution in [3.05, 3.63) is 12.1 Å². The molecule has 3 amide bonds. The molecule has 2 aliphatic rings. The summed E-state index contributed by atoms with van der Waals surface area (Å²) in [7, 11) is 0. The van der Waals surface area contributed by atoms with Crippen LogP contribution in [0.2, 0.25) is 0 Å². The number of ether oxygens (including phenoxy) is 1. The summed E-state index contributed by atoms with van der Waals surface area (Å²) in [6, 6.07) is 3.43. The van der Waals surface area contributed by atoms with Gasteiger partial charge in [-0.3, -0.25) is 9.59 Å². The first-order valence-corrected chi connectivity index (χ1v) is 10.0. The molecule has 1 aliphatic carbocycles. The van der Waals surface area contributed by atoms with E-state index >= 15 is 0 Å². The Morgan fingerprint density at radius 2 is 1.85 bits per heavy atom. The summed E-state index contributed by atoms with van der Waals surface area (Å²) >= 11 is 1.30. The molecule has 1 aromatic heterocycles. The Morgan fingerprint density at radius 1 is 1.15 bits per heavy atom. The van der Waals surface area contributed by atoms with Crippen molar-refractivity contribution in [3.63, 3.8) is 0 Å². The smallest absolute Gasteiger partial charge is 0.409 e. The van der Waals surface area contributed by atoms with Gasteiger partial charge in [-0.15, -0.1) is 10.2 Å². The van der Waals surface area contributed by atoms with E-state index in [1.165, 1.54) is 11.8 Å². The van der Waals surface area contributed by atoms with Crippen molar-refractivity contribution < 1.29 is 19.1 Å². The normalized spacial score (nSPS) is 16.8. The molecule has 1 aromatic rings. The van der Waals surface area contributed by atoms with E-state index in [0.29, 0.717) is 43.6 Å². The Labute approximate surface area is 161 Å². The van der Waals surface area contributed by atoms with E-state index in [1.807, 2.05) is 0 Å². The van der Waals surface area contributed by atoms with Crippen molar-refractivity contribution in [2.24, 2.45) is 5.92 Å². The minimum Gasteiger partial charge on any atom is -0.450 e. The molecule has 10 heteroatoms. The second-order valence-electron chi connectivity index (χ2n) is 6.38. The van der Waals surface area contributed by atoms with Crippen LogP contribution in [0.4, 0.5) is 10.6 Å². The minimum atomic E-state index is -0.330. The number of thioether (sulfide) groups is 1. The summed E-state index contributed by atoms with van der Waals surface area (Å²) in [4.78, 5) is 39.0. The molecule has 2 heterocycles. The van der Waals surface area contributed by atoms with Gasteiger partial charge in [0.15, 0.2) is 5.82 Å². The molecule has 0 unspecified atom stereocenters. The van der Waals surface area contributed by atoms with E-state index < -0.39 is 0 Å². The third kappa shape index (κ3) is 5.56. The number of piperazine rings is 1. The first-order chi connectivity index (χ1) is 13.1. The molecule has 1 aliphatic heterocycles. The average Bonchev–Trinajstić information content (AvgIpc) is 3.53. The number of anilines is 1. The van der Waals surface area contributed by atoms with Gasteiger partial charge in [-0.25, -0.2) is 4.79 Å². The summed E-state index contributed by atoms with van der Waals surface area (Å²) in [5, 5.41) is 11.4. The topological polar surface area (TPSA) is 105 Å². The summed E-state index contributed by atoms with van der Waals surface area (Å²) in [5.74, 6) is 0.778. The molecule has 0 aromatic carbocycles. The standard InChI is InChI=1S/C17H23N5O4S/c1-2-26-17(25)22-9-7-21(8-10-22)15(23)11-27-14-6-5-13(19-20-14)18-16(24)12-3-4-12/h5-6,12H,2-4,7-11H2,1H3,(H,18,19,24). The van der Waals surface area contributed by atoms with Crippen LogP contribution in [0.5, 0.6) is 0 Å². The summed E-state index contributed by atoms with van der Waals surface area (Å²) in [5.41, 5.74) is 0. The zero-order valence-corrected chi connectivity index (χ0v) is 16.0. The molecule has 3 rings (SSSR count). The number of nitrogens with zero attached hydrogens (tertiary/aromatic N) is 4. The molecule has 146 valence electrons. The van der Waals surface area contributed by atoms with Crippen LogP contribution in [-0.4, -0.2) is 76.4 Å². The van der Waals surface area contributed by atoms with Crippen LogP contribution in [0.25, 0.3) is 0 Å². The molecule has 0 bridgehead atoms. The highest BCUT2D eigenvalue weighted by Gasteiger charge is 2.30. The van der Waals surface area contributed by atoms with Gasteiger partial charge in [0.1, 0.15) is 5.03 Å². The highest BCUT2D eigenvalue weighted by Crippen LogP contribution is 2.30. The lowest BCUT2D eigenvalue weighted by Crippen LogP contribution is -2.51. The summed E-state index contributed by atoms with van der Waals surface area (Å²) < 4.78 is 4.97. The maximum Gasteiger partial charge on any atom is 0.409 e. The fraction of sp³-hybridized carbons (Fsp3) is 0.588. The van der Waals surface area contributed by atoms with Gasteiger partial charge in [-0.1, -0.05) is 11.8 Å². The molecule has 2 fully saturated rings. The maximum atomic E-state index is 12.3. The average molecular weight is 393 g/mol. The number of carbonyl (C=O) groups excluding carboxylic acids is 3. The summed E-state index contributed by atoms with van der Waals surface area (Å²) in [6.45, 7) is 4.06. The van der Waals surface area contributed by atoms with Crippen LogP contribution in [0.3, 0.4) is 0 Å². The van der Waals surface area contributed by atoms with Gasteiger partial charge in [0.2, 0.25) is 11.8 Å². The van der Waals surface area contributed by atoms with E-state index in [9.17, 15) is 14.4 Å². The van der Waals surface area contributed by atoms with Gasteiger partial charge in [0.05, 0.1) is 12.4 Å². The zero-order chi connectivity index (χ0) is 19.2. The number of aromatic nitrogens is 2. The lowest BCUT2D eigenvalue weighted by Gasteiger charge is -2.34. The monoisotopic (exact) mass is 393 g/mol. The maximum absolute atomic E-state index is 12.3. The van der Waals surface area contributed by atoms with Gasteiger partial charge >= 0.3 is 6.09 Å². The number of rotatable bonds is 6. The van der Waals surface area contributed by atoms with E-state index in [2.05, 4.69) is 15.5 Å². The fourth-order valence-corrected chi connectivity index (χ4v) is 3.33. The Hall–Kier alpha value is -2.36. The molecule has 0 spiro atoms. The lowest BCUT2D eigenvalue weighted by atomic mass is 10.3. The molecule has 9 nitrogen and oxygen atoms in total. The van der Waals surface area contributed by atoms with Crippen molar-refractivity contribution in [2.75, 3.05) is 43.9 Å². The molecule has 0 radical (unpaired) electrons. The Morgan fingerprint density at radius 3 is 2.44 bits per heavy atom. The van der Waals surface area contributed by atoms with Crippen LogP contribution in [0.15, 0.2) is 17.2 Å². The van der Waals surface area contributed by atoms with Crippen LogP contribution in [0, 0.1) is 5.92 Å². The molecule has 1 N–H and O–H groups in total. The van der Waals surface area contributed by atoms with Gasteiger partial charge in [-0.05, 0) is 31.9 Å². The Balaban J connectivity index is 1.40. The highest BCUT2D eigenvalue weighted by molar-refractivity contribution is 7.99. The van der Waals surface area contributed by atoms with E-state index in [1.54, 1.807) is 28.9 Å². The third-order valence-corrected chi connectivity index (χ3v) is 5.25. The van der Waals surface area contributed by atoms with E-state index in [0.717, 1.165) is 12.8 Å². The predicted molar refractivity (Wildman–Crippen MR) is 99.3 cm³/mol. The van der Waals surface area contributed by atoms with E-state index in [4.69, 9.17) is 4.74 Å². The molecule has 27 heavy (non-hydrogen) atoms. The lowest BCUT2D eigenvalue weighted by molar-refractivity contribution is -0.129. The molecular weight excluding hydrogens is 370 g/mol. The molecule has 0 atom stereocenters. The van der Waals surface area contributed by atoms with Crippen molar-refractivity contribution in [2.45, 2.75) is 24.8 Å². The van der Waals surface area contributed by atoms with Crippen LogP contribution in [0.1, 0.15) is 19.8 Å². The Bertz CT molecular complexity index is 687. The quantitative estimate of drug-likeness (QED) is 0.725. The number of hydrogen-bond acceptors (Lipinski definition) is 7. The van der Waals surface area contributed by atoms with Gasteiger partial charge in [0, 0.05) is 32.1 Å². The SMILES string of the molecule is CCOC(=O)N1CCN(C(=O)CSc2ccc(NC(=O)C3CC3)nn2)CC1. The predicted octanol–water partition coefficient (Wildman–Crippen LogP) is 1.22. The van der Waals surface area contributed by atoms with Crippen molar-refractivity contribution >= 4 is 35.5 Å². The first kappa shape index (κ1) is 19.4. The third-order valence-electron chi connectivity index (χ3n) is 4.34. The van der Waals surface area contributed by atoms with E-state index in [-0.39, 0.29) is 29.6 Å². The zero-order valence-electron chi connectivity index (χ0n) is 15.2.